The highest BCUT2D eigenvalue weighted by molar-refractivity contribution is 7.90. The van der Waals surface area contributed by atoms with Crippen LogP contribution in [0.3, 0.4) is 0 Å². The van der Waals surface area contributed by atoms with Gasteiger partial charge in [0.2, 0.25) is 5.91 Å². The molecule has 8 nitrogen and oxygen atoms in total. The normalized spacial score (nSPS) is 14.7. The Kier molecular flexibility index (Phi) is 8.57. The zero-order valence-corrected chi connectivity index (χ0v) is 25.2. The van der Waals surface area contributed by atoms with E-state index >= 15 is 0 Å². The number of aryl methyl sites for hydroxylation is 1. The minimum atomic E-state index is -4.67. The van der Waals surface area contributed by atoms with E-state index in [2.05, 4.69) is 9.82 Å². The number of unbranched alkanes of at least 4 members (excludes halogenated alkanes) is 1. The van der Waals surface area contributed by atoms with Gasteiger partial charge in [0.1, 0.15) is 5.82 Å². The van der Waals surface area contributed by atoms with E-state index in [0.717, 1.165) is 23.6 Å². The molecule has 0 atom stereocenters. The SMILES string of the molecule is CCCCc1nn(-c2ccccc2C(F)(F)F)c(=O)n1Cc1ccc(-c2ccccc2S(=O)(=O)NC(=O)C2(C)CCC2)cc1. The lowest BCUT2D eigenvalue weighted by Gasteiger charge is -2.36. The van der Waals surface area contributed by atoms with Gasteiger partial charge in [-0.05, 0) is 48.6 Å². The van der Waals surface area contributed by atoms with E-state index in [9.17, 15) is 31.2 Å². The van der Waals surface area contributed by atoms with Crippen molar-refractivity contribution in [3.63, 3.8) is 0 Å². The number of carbonyl (C=O) groups excluding carboxylic acids is 1. The molecule has 1 heterocycles. The zero-order chi connectivity index (χ0) is 31.7. The van der Waals surface area contributed by atoms with Crippen molar-refractivity contribution in [3.05, 3.63) is 100 Å². The van der Waals surface area contributed by atoms with Crippen LogP contribution < -0.4 is 10.4 Å². The molecule has 232 valence electrons. The van der Waals surface area contributed by atoms with Gasteiger partial charge in [0, 0.05) is 17.4 Å². The summed E-state index contributed by atoms with van der Waals surface area (Å²) in [5.41, 5.74) is -1.04. The molecular weight excluding hydrogens is 593 g/mol. The molecule has 0 spiro atoms. The molecule has 1 amide bonds. The fourth-order valence-electron chi connectivity index (χ4n) is 5.32. The van der Waals surface area contributed by atoms with Gasteiger partial charge in [-0.3, -0.25) is 9.36 Å². The summed E-state index contributed by atoms with van der Waals surface area (Å²) in [5.74, 6) is -0.151. The van der Waals surface area contributed by atoms with Crippen molar-refractivity contribution in [2.75, 3.05) is 0 Å². The number of benzene rings is 3. The molecule has 12 heteroatoms. The summed E-state index contributed by atoms with van der Waals surface area (Å²) in [6, 6.07) is 18.1. The minimum absolute atomic E-state index is 0.0355. The summed E-state index contributed by atoms with van der Waals surface area (Å²) in [5, 5.41) is 4.31. The van der Waals surface area contributed by atoms with Crippen LogP contribution in [-0.4, -0.2) is 28.7 Å². The summed E-state index contributed by atoms with van der Waals surface area (Å²) < 4.78 is 72.1. The molecule has 1 aromatic heterocycles. The molecule has 5 rings (SSSR count). The Labute approximate surface area is 253 Å². The molecule has 3 aromatic carbocycles. The number of para-hydroxylation sites is 1. The van der Waals surface area contributed by atoms with Crippen LogP contribution in [0.4, 0.5) is 13.2 Å². The lowest BCUT2D eigenvalue weighted by atomic mass is 9.70. The van der Waals surface area contributed by atoms with E-state index < -0.39 is 38.8 Å². The van der Waals surface area contributed by atoms with Crippen molar-refractivity contribution in [2.45, 2.75) is 70.0 Å². The predicted molar refractivity (Wildman–Crippen MR) is 160 cm³/mol. The fraction of sp³-hybridized carbons (Fsp3) is 0.344. The van der Waals surface area contributed by atoms with Crippen molar-refractivity contribution >= 4 is 15.9 Å². The van der Waals surface area contributed by atoms with Crippen LogP contribution >= 0.6 is 0 Å². The Balaban J connectivity index is 1.45. The average molecular weight is 627 g/mol. The van der Waals surface area contributed by atoms with Crippen molar-refractivity contribution in [1.29, 1.82) is 0 Å². The van der Waals surface area contributed by atoms with E-state index in [1.54, 1.807) is 49.4 Å². The van der Waals surface area contributed by atoms with Gasteiger partial charge >= 0.3 is 11.9 Å². The highest BCUT2D eigenvalue weighted by Gasteiger charge is 2.41. The van der Waals surface area contributed by atoms with Crippen molar-refractivity contribution in [2.24, 2.45) is 5.41 Å². The summed E-state index contributed by atoms with van der Waals surface area (Å²) in [7, 11) is -4.15. The minimum Gasteiger partial charge on any atom is -0.274 e. The molecule has 1 aliphatic carbocycles. The lowest BCUT2D eigenvalue weighted by Crippen LogP contribution is -2.45. The number of hydrogen-bond donors (Lipinski definition) is 1. The molecule has 0 radical (unpaired) electrons. The van der Waals surface area contributed by atoms with E-state index in [1.807, 2.05) is 6.92 Å². The van der Waals surface area contributed by atoms with Gasteiger partial charge in [-0.1, -0.05) is 81.3 Å². The summed E-state index contributed by atoms with van der Waals surface area (Å²) in [6.07, 6.45) is -0.625. The molecule has 0 unspecified atom stereocenters. The molecule has 4 aromatic rings. The van der Waals surface area contributed by atoms with Gasteiger partial charge in [-0.25, -0.2) is 17.9 Å². The Morgan fingerprint density at radius 3 is 2.30 bits per heavy atom. The number of sulfonamides is 1. The van der Waals surface area contributed by atoms with Crippen LogP contribution in [0.15, 0.2) is 82.5 Å². The summed E-state index contributed by atoms with van der Waals surface area (Å²) >= 11 is 0. The van der Waals surface area contributed by atoms with Crippen molar-refractivity contribution in [3.8, 4) is 16.8 Å². The van der Waals surface area contributed by atoms with Crippen molar-refractivity contribution in [1.82, 2.24) is 19.1 Å². The Bertz CT molecular complexity index is 1840. The maximum atomic E-state index is 13.7. The van der Waals surface area contributed by atoms with Crippen LogP contribution in [0.1, 0.15) is 62.9 Å². The number of halogens is 3. The zero-order valence-electron chi connectivity index (χ0n) is 24.4. The molecule has 0 aliphatic heterocycles. The first-order chi connectivity index (χ1) is 20.8. The Morgan fingerprint density at radius 1 is 1.00 bits per heavy atom. The molecule has 1 aliphatic rings. The average Bonchev–Trinajstić information content (AvgIpc) is 3.28. The first-order valence-corrected chi connectivity index (χ1v) is 15.9. The van der Waals surface area contributed by atoms with E-state index in [1.165, 1.54) is 28.8 Å². The molecule has 0 bridgehead atoms. The summed E-state index contributed by atoms with van der Waals surface area (Å²) in [6.45, 7) is 3.78. The van der Waals surface area contributed by atoms with Gasteiger partial charge in [0.15, 0.2) is 0 Å². The molecule has 0 saturated heterocycles. The Morgan fingerprint density at radius 2 is 1.66 bits per heavy atom. The second-order valence-corrected chi connectivity index (χ2v) is 13.0. The first kappa shape index (κ1) is 31.2. The van der Waals surface area contributed by atoms with Crippen molar-refractivity contribution < 1.29 is 26.4 Å². The number of rotatable bonds is 10. The number of aromatic nitrogens is 3. The third-order valence-electron chi connectivity index (χ3n) is 8.15. The van der Waals surface area contributed by atoms with E-state index in [0.29, 0.717) is 48.2 Å². The highest BCUT2D eigenvalue weighted by atomic mass is 32.2. The van der Waals surface area contributed by atoms with Gasteiger partial charge < -0.3 is 0 Å². The predicted octanol–water partition coefficient (Wildman–Crippen LogP) is 6.11. The number of amides is 1. The molecular formula is C32H33F3N4O4S. The van der Waals surface area contributed by atoms with Gasteiger partial charge in [-0.15, -0.1) is 5.10 Å². The van der Waals surface area contributed by atoms with E-state index in [4.69, 9.17) is 0 Å². The molecule has 1 N–H and O–H groups in total. The number of hydrogen-bond acceptors (Lipinski definition) is 5. The first-order valence-electron chi connectivity index (χ1n) is 14.4. The quantitative estimate of drug-likeness (QED) is 0.229. The fourth-order valence-corrected chi connectivity index (χ4v) is 6.65. The van der Waals surface area contributed by atoms with Crippen LogP contribution in [0.5, 0.6) is 0 Å². The van der Waals surface area contributed by atoms with Gasteiger partial charge in [0.25, 0.3) is 10.0 Å². The summed E-state index contributed by atoms with van der Waals surface area (Å²) in [4.78, 5) is 26.1. The van der Waals surface area contributed by atoms with E-state index in [-0.39, 0.29) is 17.1 Å². The number of alkyl halides is 3. The third kappa shape index (κ3) is 6.21. The number of nitrogens with one attached hydrogen (secondary N) is 1. The monoisotopic (exact) mass is 626 g/mol. The maximum Gasteiger partial charge on any atom is 0.418 e. The largest absolute Gasteiger partial charge is 0.418 e. The second-order valence-electron chi connectivity index (χ2n) is 11.4. The highest BCUT2D eigenvalue weighted by Crippen LogP contribution is 2.41. The maximum absolute atomic E-state index is 13.7. The lowest BCUT2D eigenvalue weighted by molar-refractivity contribution is -0.137. The van der Waals surface area contributed by atoms with Crippen LogP contribution in [-0.2, 0) is 34.0 Å². The molecule has 1 saturated carbocycles. The smallest absolute Gasteiger partial charge is 0.274 e. The number of nitrogens with zero attached hydrogens (tertiary/aromatic N) is 3. The second kappa shape index (κ2) is 12.1. The third-order valence-corrected chi connectivity index (χ3v) is 9.53. The van der Waals surface area contributed by atoms with Gasteiger partial charge in [0.05, 0.1) is 22.7 Å². The van der Waals surface area contributed by atoms with Crippen LogP contribution in [0.25, 0.3) is 16.8 Å². The Hall–Kier alpha value is -4.19. The van der Waals surface area contributed by atoms with Crippen LogP contribution in [0, 0.1) is 5.41 Å². The standard InChI is InChI=1S/C32H33F3N4O4S/c1-3-4-14-28-36-39(26-12-7-6-11-25(26)32(33,34)35)30(41)38(28)21-22-15-17-23(18-16-22)24-10-5-8-13-27(24)44(42,43)37-29(40)31(2)19-9-20-31/h5-8,10-13,15-18H,3-4,9,14,19-21H2,1-2H3,(H,37,40). The topological polar surface area (TPSA) is 103 Å². The molecule has 1 fully saturated rings. The van der Waals surface area contributed by atoms with Gasteiger partial charge in [-0.2, -0.15) is 17.9 Å². The van der Waals surface area contributed by atoms with Crippen LogP contribution in [0.2, 0.25) is 0 Å². The molecule has 44 heavy (non-hydrogen) atoms. The number of carbonyl (C=O) groups is 1.